The Hall–Kier alpha value is -7.04. The van der Waals surface area contributed by atoms with Crippen molar-refractivity contribution in [2.75, 3.05) is 14.7 Å². The molecule has 254 valence electrons. The summed E-state index contributed by atoms with van der Waals surface area (Å²) in [4.78, 5) is 7.02. The van der Waals surface area contributed by atoms with Crippen molar-refractivity contribution in [1.29, 1.82) is 0 Å². The standard InChI is InChI=1S/C49H38N4/c1-50-48-31-15-14-30-46(48)47-33-32-45(36-49(47)50)53(43-28-16-26-41(34-43)51(37-18-6-2-7-19-37)38-20-8-3-9-21-38)44-29-17-27-42(35-44)52(39-22-10-4-11-23-39)40-24-12-5-13-25-40/h2-36H,1H3. The first-order chi connectivity index (χ1) is 26.2. The number of aryl methyl sites for hydroxylation is 1. The van der Waals surface area contributed by atoms with Gasteiger partial charge in [0.15, 0.2) is 0 Å². The zero-order valence-electron chi connectivity index (χ0n) is 29.5. The Morgan fingerprint density at radius 1 is 0.264 bits per heavy atom. The molecular formula is C49H38N4. The SMILES string of the molecule is Cn1c2ccccc2c2ccc(N(c3cccc(N(c4ccccc4)c4ccccc4)c3)c3cccc(N(c4ccccc4)c4ccccc4)c3)cc21. The maximum absolute atomic E-state index is 2.38. The molecule has 8 aromatic carbocycles. The van der Waals surface area contributed by atoms with Crippen LogP contribution in [-0.4, -0.2) is 4.57 Å². The highest BCUT2D eigenvalue weighted by molar-refractivity contribution is 6.09. The molecule has 4 nitrogen and oxygen atoms in total. The Morgan fingerprint density at radius 2 is 0.585 bits per heavy atom. The van der Waals surface area contributed by atoms with Gasteiger partial charge < -0.3 is 19.3 Å². The Balaban J connectivity index is 1.24. The van der Waals surface area contributed by atoms with Crippen molar-refractivity contribution in [3.63, 3.8) is 0 Å². The molecule has 0 saturated heterocycles. The second-order valence-corrected chi connectivity index (χ2v) is 13.2. The van der Waals surface area contributed by atoms with Gasteiger partial charge in [-0.25, -0.2) is 0 Å². The third kappa shape index (κ3) is 6.07. The molecule has 9 aromatic rings. The number of aromatic nitrogens is 1. The van der Waals surface area contributed by atoms with Gasteiger partial charge in [-0.15, -0.1) is 0 Å². The first kappa shape index (κ1) is 31.9. The van der Waals surface area contributed by atoms with E-state index < -0.39 is 0 Å². The van der Waals surface area contributed by atoms with Gasteiger partial charge in [0.25, 0.3) is 0 Å². The molecule has 4 heteroatoms. The van der Waals surface area contributed by atoms with Crippen LogP contribution in [0.1, 0.15) is 0 Å². The van der Waals surface area contributed by atoms with Crippen LogP contribution in [0.5, 0.6) is 0 Å². The highest BCUT2D eigenvalue weighted by Crippen LogP contribution is 2.44. The Labute approximate surface area is 310 Å². The molecule has 0 aliphatic rings. The second kappa shape index (κ2) is 13.9. The molecule has 0 saturated carbocycles. The van der Waals surface area contributed by atoms with E-state index in [4.69, 9.17) is 0 Å². The molecule has 0 atom stereocenters. The maximum Gasteiger partial charge on any atom is 0.0509 e. The maximum atomic E-state index is 2.38. The molecule has 0 spiro atoms. The average Bonchev–Trinajstić information content (AvgIpc) is 3.51. The number of para-hydroxylation sites is 5. The molecule has 0 unspecified atom stereocenters. The summed E-state index contributed by atoms with van der Waals surface area (Å²) >= 11 is 0. The van der Waals surface area contributed by atoms with Gasteiger partial charge in [-0.2, -0.15) is 0 Å². The Kier molecular flexibility index (Phi) is 8.39. The first-order valence-corrected chi connectivity index (χ1v) is 18.0. The van der Waals surface area contributed by atoms with Crippen molar-refractivity contribution < 1.29 is 0 Å². The van der Waals surface area contributed by atoms with Crippen molar-refractivity contribution in [3.8, 4) is 0 Å². The molecule has 1 aromatic heterocycles. The van der Waals surface area contributed by atoms with Gasteiger partial charge in [0, 0.05) is 74.5 Å². The molecule has 0 fully saturated rings. The minimum Gasteiger partial charge on any atom is -0.344 e. The average molecular weight is 683 g/mol. The highest BCUT2D eigenvalue weighted by Gasteiger charge is 2.20. The van der Waals surface area contributed by atoms with Crippen molar-refractivity contribution >= 4 is 73.0 Å². The molecule has 0 amide bonds. The van der Waals surface area contributed by atoms with Gasteiger partial charge >= 0.3 is 0 Å². The van der Waals surface area contributed by atoms with E-state index in [9.17, 15) is 0 Å². The van der Waals surface area contributed by atoms with Crippen LogP contribution in [0.2, 0.25) is 0 Å². The fourth-order valence-corrected chi connectivity index (χ4v) is 7.48. The minimum atomic E-state index is 1.06. The monoisotopic (exact) mass is 682 g/mol. The van der Waals surface area contributed by atoms with Crippen LogP contribution >= 0.6 is 0 Å². The predicted octanol–water partition coefficient (Wildman–Crippen LogP) is 13.7. The lowest BCUT2D eigenvalue weighted by Crippen LogP contribution is -2.14. The van der Waals surface area contributed by atoms with Gasteiger partial charge in [0.1, 0.15) is 0 Å². The van der Waals surface area contributed by atoms with Crippen LogP contribution in [0, 0.1) is 0 Å². The normalized spacial score (nSPS) is 11.1. The van der Waals surface area contributed by atoms with Crippen LogP contribution in [-0.2, 0) is 7.05 Å². The second-order valence-electron chi connectivity index (χ2n) is 13.2. The van der Waals surface area contributed by atoms with E-state index in [1.165, 1.54) is 21.8 Å². The van der Waals surface area contributed by atoms with Gasteiger partial charge in [0.05, 0.1) is 5.52 Å². The van der Waals surface area contributed by atoms with E-state index in [1.807, 2.05) is 0 Å². The van der Waals surface area contributed by atoms with Crippen LogP contribution in [0.4, 0.5) is 51.2 Å². The van der Waals surface area contributed by atoms with Crippen LogP contribution < -0.4 is 14.7 Å². The summed E-state index contributed by atoms with van der Waals surface area (Å²) in [6, 6.07) is 75.5. The fraction of sp³-hybridized carbons (Fsp3) is 0.0204. The summed E-state index contributed by atoms with van der Waals surface area (Å²) < 4.78 is 2.30. The van der Waals surface area contributed by atoms with E-state index in [-0.39, 0.29) is 0 Å². The smallest absolute Gasteiger partial charge is 0.0509 e. The lowest BCUT2D eigenvalue weighted by atomic mass is 10.1. The van der Waals surface area contributed by atoms with Gasteiger partial charge in [-0.1, -0.05) is 109 Å². The van der Waals surface area contributed by atoms with Crippen LogP contribution in [0.15, 0.2) is 212 Å². The summed E-state index contributed by atoms with van der Waals surface area (Å²) in [5.74, 6) is 0. The summed E-state index contributed by atoms with van der Waals surface area (Å²) in [6.45, 7) is 0. The van der Waals surface area contributed by atoms with Gasteiger partial charge in [0.2, 0.25) is 0 Å². The summed E-state index contributed by atoms with van der Waals surface area (Å²) in [5, 5.41) is 2.50. The van der Waals surface area contributed by atoms with E-state index in [1.54, 1.807) is 0 Å². The molecule has 9 rings (SSSR count). The number of hydrogen-bond acceptors (Lipinski definition) is 3. The third-order valence-corrected chi connectivity index (χ3v) is 9.91. The highest BCUT2D eigenvalue weighted by atomic mass is 15.2. The van der Waals surface area contributed by atoms with Gasteiger partial charge in [-0.3, -0.25) is 0 Å². The van der Waals surface area contributed by atoms with E-state index in [0.29, 0.717) is 0 Å². The molecule has 0 radical (unpaired) electrons. The number of hydrogen-bond donors (Lipinski definition) is 0. The molecule has 53 heavy (non-hydrogen) atoms. The quantitative estimate of drug-likeness (QED) is 0.151. The largest absolute Gasteiger partial charge is 0.344 e. The number of nitrogens with zero attached hydrogens (tertiary/aromatic N) is 4. The summed E-state index contributed by atoms with van der Waals surface area (Å²) in [6.07, 6.45) is 0. The molecule has 0 aliphatic heterocycles. The van der Waals surface area contributed by atoms with Crippen LogP contribution in [0.25, 0.3) is 21.8 Å². The minimum absolute atomic E-state index is 1.06. The van der Waals surface area contributed by atoms with Crippen molar-refractivity contribution in [2.45, 2.75) is 0 Å². The lowest BCUT2D eigenvalue weighted by Gasteiger charge is -2.31. The molecule has 0 N–H and O–H groups in total. The summed E-state index contributed by atoms with van der Waals surface area (Å²) in [5.41, 5.74) is 12.1. The third-order valence-electron chi connectivity index (χ3n) is 9.91. The Morgan fingerprint density at radius 3 is 1.02 bits per heavy atom. The molecule has 0 bridgehead atoms. The lowest BCUT2D eigenvalue weighted by molar-refractivity contribution is 1.01. The van der Waals surface area contributed by atoms with Gasteiger partial charge in [-0.05, 0) is 103 Å². The number of benzene rings is 8. The Bertz CT molecular complexity index is 2430. The predicted molar refractivity (Wildman–Crippen MR) is 224 cm³/mol. The topological polar surface area (TPSA) is 14.7 Å². The van der Waals surface area contributed by atoms with E-state index >= 15 is 0 Å². The van der Waals surface area contributed by atoms with Crippen molar-refractivity contribution in [1.82, 2.24) is 4.57 Å². The fourth-order valence-electron chi connectivity index (χ4n) is 7.48. The molecular weight excluding hydrogens is 645 g/mol. The van der Waals surface area contributed by atoms with E-state index in [0.717, 1.165) is 51.2 Å². The van der Waals surface area contributed by atoms with Crippen molar-refractivity contribution in [2.24, 2.45) is 7.05 Å². The number of rotatable bonds is 9. The summed E-state index contributed by atoms with van der Waals surface area (Å²) in [7, 11) is 2.16. The number of anilines is 9. The molecule has 0 aliphatic carbocycles. The van der Waals surface area contributed by atoms with Crippen LogP contribution in [0.3, 0.4) is 0 Å². The van der Waals surface area contributed by atoms with E-state index in [2.05, 4.69) is 239 Å². The zero-order valence-corrected chi connectivity index (χ0v) is 29.5. The number of fused-ring (bicyclic) bond motifs is 3. The first-order valence-electron chi connectivity index (χ1n) is 18.0. The van der Waals surface area contributed by atoms with Crippen molar-refractivity contribution in [3.05, 3.63) is 212 Å². The zero-order chi connectivity index (χ0) is 35.6. The molecule has 1 heterocycles.